The summed E-state index contributed by atoms with van der Waals surface area (Å²) in [6.07, 6.45) is 4.25. The van der Waals surface area contributed by atoms with Crippen molar-refractivity contribution >= 4 is 45.3 Å². The van der Waals surface area contributed by atoms with Crippen molar-refractivity contribution in [2.75, 3.05) is 7.11 Å². The molecule has 4 aromatic rings. The molecule has 0 atom stereocenters. The number of hydrogen-bond acceptors (Lipinski definition) is 4. The molecule has 0 unspecified atom stereocenters. The molecular weight excluding hydrogens is 549 g/mol. The van der Waals surface area contributed by atoms with E-state index in [0.29, 0.717) is 35.9 Å². The number of halogens is 1. The zero-order valence-electron chi connectivity index (χ0n) is 20.0. The molecule has 0 fully saturated rings. The molecule has 0 spiro atoms. The Morgan fingerprint density at radius 1 is 1.14 bits per heavy atom. The Bertz CT molecular complexity index is 1420. The van der Waals surface area contributed by atoms with Gasteiger partial charge in [-0.15, -0.1) is 6.58 Å². The first-order valence-corrected chi connectivity index (χ1v) is 12.3. The van der Waals surface area contributed by atoms with Crippen LogP contribution in [0.2, 0.25) is 0 Å². The van der Waals surface area contributed by atoms with Crippen molar-refractivity contribution in [2.24, 2.45) is 0 Å². The van der Waals surface area contributed by atoms with Crippen LogP contribution in [0.4, 0.5) is 0 Å². The van der Waals surface area contributed by atoms with Gasteiger partial charge in [0.15, 0.2) is 11.5 Å². The number of methoxy groups -OCH3 is 1. The number of nitrogens with zero attached hydrogens (tertiary/aromatic N) is 2. The third-order valence-corrected chi connectivity index (χ3v) is 6.54. The maximum Gasteiger partial charge on any atom is 0.165 e. The van der Waals surface area contributed by atoms with E-state index in [-0.39, 0.29) is 0 Å². The number of H-pyrrole nitrogens is 1. The predicted molar refractivity (Wildman–Crippen MR) is 149 cm³/mol. The number of nitriles is 1. The van der Waals surface area contributed by atoms with Gasteiger partial charge in [-0.25, -0.2) is 4.98 Å². The summed E-state index contributed by atoms with van der Waals surface area (Å²) in [5, 5.41) is 9.91. The Morgan fingerprint density at radius 3 is 2.57 bits per heavy atom. The number of imidazole rings is 1. The number of hydrogen-bond donors (Lipinski definition) is 1. The highest BCUT2D eigenvalue weighted by atomic mass is 127. The van der Waals surface area contributed by atoms with E-state index < -0.39 is 0 Å². The van der Waals surface area contributed by atoms with Gasteiger partial charge in [-0.05, 0) is 108 Å². The number of aryl methyl sites for hydroxylation is 2. The fourth-order valence-electron chi connectivity index (χ4n) is 3.84. The van der Waals surface area contributed by atoms with Crippen molar-refractivity contribution < 1.29 is 9.47 Å². The normalized spacial score (nSPS) is 11.3. The van der Waals surface area contributed by atoms with Crippen molar-refractivity contribution in [3.63, 3.8) is 0 Å². The average Bonchev–Trinajstić information content (AvgIpc) is 3.25. The molecule has 4 rings (SSSR count). The maximum absolute atomic E-state index is 9.91. The lowest BCUT2D eigenvalue weighted by Gasteiger charge is -2.16. The molecule has 6 heteroatoms. The standard InChI is InChI=1S/C29H26IN3O2/c1-5-6-22-13-21(15-27(34-4)28(22)35-17-20-7-9-24(30)10-8-20)14-23(16-31)29-32-25-11-18(2)19(3)12-26(25)33-29/h5,7-15H,1,6,17H2,2-4H3,(H,32,33)/b23-14+. The average molecular weight is 575 g/mol. The molecule has 0 saturated carbocycles. The van der Waals surface area contributed by atoms with E-state index in [4.69, 9.17) is 9.47 Å². The molecule has 1 N–H and O–H groups in total. The molecule has 0 saturated heterocycles. The first kappa shape index (κ1) is 24.6. The van der Waals surface area contributed by atoms with Crippen LogP contribution >= 0.6 is 22.6 Å². The number of fused-ring (bicyclic) bond motifs is 1. The van der Waals surface area contributed by atoms with Gasteiger partial charge < -0.3 is 14.5 Å². The topological polar surface area (TPSA) is 70.9 Å². The summed E-state index contributed by atoms with van der Waals surface area (Å²) in [5.74, 6) is 1.82. The molecule has 0 aliphatic heterocycles. The van der Waals surface area contributed by atoms with E-state index in [9.17, 15) is 5.26 Å². The Kier molecular flexibility index (Phi) is 7.57. The fourth-order valence-corrected chi connectivity index (χ4v) is 4.20. The number of nitrogens with one attached hydrogen (secondary N) is 1. The summed E-state index contributed by atoms with van der Waals surface area (Å²) < 4.78 is 13.0. The lowest BCUT2D eigenvalue weighted by atomic mass is 10.0. The van der Waals surface area contributed by atoms with Gasteiger partial charge in [-0.1, -0.05) is 18.2 Å². The van der Waals surface area contributed by atoms with Crippen molar-refractivity contribution in [3.8, 4) is 17.6 Å². The molecule has 176 valence electrons. The van der Waals surface area contributed by atoms with Gasteiger partial charge in [0.2, 0.25) is 0 Å². The largest absolute Gasteiger partial charge is 0.493 e. The molecule has 0 aliphatic carbocycles. The van der Waals surface area contributed by atoms with Crippen LogP contribution in [0.5, 0.6) is 11.5 Å². The number of aromatic amines is 1. The predicted octanol–water partition coefficient (Wildman–Crippen LogP) is 7.16. The second-order valence-electron chi connectivity index (χ2n) is 8.33. The van der Waals surface area contributed by atoms with Crippen molar-refractivity contribution in [1.82, 2.24) is 9.97 Å². The highest BCUT2D eigenvalue weighted by Gasteiger charge is 2.15. The van der Waals surface area contributed by atoms with Crippen LogP contribution in [0.1, 0.15) is 33.6 Å². The minimum atomic E-state index is 0.424. The minimum absolute atomic E-state index is 0.424. The molecule has 1 heterocycles. The van der Waals surface area contributed by atoms with Crippen LogP contribution in [0.15, 0.2) is 61.2 Å². The van der Waals surface area contributed by atoms with Gasteiger partial charge in [-0.3, -0.25) is 0 Å². The summed E-state index contributed by atoms with van der Waals surface area (Å²) in [7, 11) is 1.62. The quantitative estimate of drug-likeness (QED) is 0.138. The lowest BCUT2D eigenvalue weighted by Crippen LogP contribution is -2.02. The van der Waals surface area contributed by atoms with E-state index in [0.717, 1.165) is 33.3 Å². The summed E-state index contributed by atoms with van der Waals surface area (Å²) in [5.41, 5.74) is 7.36. The zero-order valence-corrected chi connectivity index (χ0v) is 22.1. The Hall–Kier alpha value is -3.57. The Labute approximate surface area is 219 Å². The van der Waals surface area contributed by atoms with Crippen molar-refractivity contribution in [2.45, 2.75) is 26.9 Å². The van der Waals surface area contributed by atoms with Gasteiger partial charge >= 0.3 is 0 Å². The summed E-state index contributed by atoms with van der Waals surface area (Å²) in [4.78, 5) is 7.93. The summed E-state index contributed by atoms with van der Waals surface area (Å²) in [6.45, 7) is 8.43. The first-order valence-electron chi connectivity index (χ1n) is 11.2. The molecule has 5 nitrogen and oxygen atoms in total. The molecule has 35 heavy (non-hydrogen) atoms. The zero-order chi connectivity index (χ0) is 24.9. The second-order valence-corrected chi connectivity index (χ2v) is 9.57. The first-order chi connectivity index (χ1) is 16.9. The molecule has 0 radical (unpaired) electrons. The number of benzene rings is 3. The van der Waals surface area contributed by atoms with Gasteiger partial charge in [-0.2, -0.15) is 5.26 Å². The third kappa shape index (κ3) is 5.57. The number of allylic oxidation sites excluding steroid dienone is 2. The summed E-state index contributed by atoms with van der Waals surface area (Å²) in [6, 6.07) is 18.5. The van der Waals surface area contributed by atoms with Gasteiger partial charge in [0.25, 0.3) is 0 Å². The SMILES string of the molecule is C=CCc1cc(/C=C(\C#N)c2nc3cc(C)c(C)cc3[nH]2)cc(OC)c1OCc1ccc(I)cc1. The second kappa shape index (κ2) is 10.8. The monoisotopic (exact) mass is 575 g/mol. The minimum Gasteiger partial charge on any atom is -0.493 e. The van der Waals surface area contributed by atoms with Crippen LogP contribution < -0.4 is 9.47 Å². The highest BCUT2D eigenvalue weighted by Crippen LogP contribution is 2.35. The van der Waals surface area contributed by atoms with E-state index >= 15 is 0 Å². The molecular formula is C29H26IN3O2. The number of ether oxygens (including phenoxy) is 2. The van der Waals surface area contributed by atoms with E-state index in [1.165, 1.54) is 9.13 Å². The third-order valence-electron chi connectivity index (χ3n) is 5.82. The Morgan fingerprint density at radius 2 is 1.89 bits per heavy atom. The van der Waals surface area contributed by atoms with E-state index in [1.807, 2.05) is 42.5 Å². The Balaban J connectivity index is 1.70. The van der Waals surface area contributed by atoms with Crippen molar-refractivity contribution in [3.05, 3.63) is 98.4 Å². The van der Waals surface area contributed by atoms with Crippen LogP contribution in [-0.4, -0.2) is 17.1 Å². The van der Waals surface area contributed by atoms with E-state index in [1.54, 1.807) is 7.11 Å². The molecule has 1 aromatic heterocycles. The number of rotatable bonds is 8. The van der Waals surface area contributed by atoms with Gasteiger partial charge in [0, 0.05) is 9.13 Å². The maximum atomic E-state index is 9.91. The fraction of sp³-hybridized carbons (Fsp3) is 0.172. The smallest absolute Gasteiger partial charge is 0.165 e. The van der Waals surface area contributed by atoms with Crippen LogP contribution in [-0.2, 0) is 13.0 Å². The van der Waals surface area contributed by atoms with E-state index in [2.05, 4.69) is 77.3 Å². The van der Waals surface area contributed by atoms with Crippen molar-refractivity contribution in [1.29, 1.82) is 5.26 Å². The van der Waals surface area contributed by atoms with Crippen LogP contribution in [0.3, 0.4) is 0 Å². The highest BCUT2D eigenvalue weighted by molar-refractivity contribution is 14.1. The van der Waals surface area contributed by atoms with Gasteiger partial charge in [0.1, 0.15) is 18.5 Å². The van der Waals surface area contributed by atoms with Crippen LogP contribution in [0, 0.1) is 28.7 Å². The molecule has 0 amide bonds. The molecule has 0 bridgehead atoms. The summed E-state index contributed by atoms with van der Waals surface area (Å²) >= 11 is 2.28. The lowest BCUT2D eigenvalue weighted by molar-refractivity contribution is 0.282. The van der Waals surface area contributed by atoms with Gasteiger partial charge in [0.05, 0.1) is 23.7 Å². The molecule has 0 aliphatic rings. The van der Waals surface area contributed by atoms with Crippen LogP contribution in [0.25, 0.3) is 22.7 Å². The molecule has 3 aromatic carbocycles. The number of aromatic nitrogens is 2.